The van der Waals surface area contributed by atoms with Crippen LogP contribution in [0.25, 0.3) is 0 Å². The standard InChI is InChI=1S/C25H29F3N2O/c1-23-9-5-6-10-24(23)11-12-30(2)22(23)14-16-13-20(21(31)15-18(16)24)29-19-8-4-3-7-17(19)25(26,27)28/h3-4,7-8,13,15,22,29,31H,5-6,9-12,14H2,1-2H3/t22-,23+,24+/m0/s1. The van der Waals surface area contributed by atoms with Crippen molar-refractivity contribution in [3.63, 3.8) is 0 Å². The maximum atomic E-state index is 13.4. The van der Waals surface area contributed by atoms with Crippen molar-refractivity contribution >= 4 is 11.4 Å². The molecule has 1 heterocycles. The molecule has 5 rings (SSSR count). The number of hydrogen-bond donors (Lipinski definition) is 2. The maximum Gasteiger partial charge on any atom is 0.418 e. The molecule has 2 aromatic rings. The second-order valence-corrected chi connectivity index (χ2v) is 9.85. The van der Waals surface area contributed by atoms with Gasteiger partial charge < -0.3 is 15.3 Å². The van der Waals surface area contributed by atoms with Crippen LogP contribution in [0.1, 0.15) is 55.7 Å². The molecule has 1 saturated carbocycles. The molecule has 2 fully saturated rings. The van der Waals surface area contributed by atoms with E-state index in [1.807, 2.05) is 12.1 Å². The molecular weight excluding hydrogens is 401 g/mol. The number of para-hydroxylation sites is 1. The number of phenols is 1. The number of anilines is 2. The Balaban J connectivity index is 1.60. The van der Waals surface area contributed by atoms with Crippen molar-refractivity contribution in [3.8, 4) is 5.75 Å². The quantitative estimate of drug-likeness (QED) is 0.554. The predicted molar refractivity (Wildman–Crippen MR) is 116 cm³/mol. The number of benzene rings is 2. The van der Waals surface area contributed by atoms with Gasteiger partial charge in [0.05, 0.1) is 16.9 Å². The van der Waals surface area contributed by atoms with Gasteiger partial charge in [-0.05, 0) is 80.1 Å². The minimum absolute atomic E-state index is 0.0235. The molecule has 0 radical (unpaired) electrons. The molecule has 166 valence electrons. The number of halogens is 3. The summed E-state index contributed by atoms with van der Waals surface area (Å²) in [6.45, 7) is 3.46. The number of fused-ring (bicyclic) bond motifs is 1. The highest BCUT2D eigenvalue weighted by atomic mass is 19.4. The van der Waals surface area contributed by atoms with Crippen molar-refractivity contribution in [1.82, 2.24) is 4.90 Å². The number of aromatic hydroxyl groups is 1. The van der Waals surface area contributed by atoms with Gasteiger partial charge in [0.25, 0.3) is 0 Å². The number of nitrogens with one attached hydrogen (secondary N) is 1. The molecule has 2 N–H and O–H groups in total. The van der Waals surface area contributed by atoms with E-state index >= 15 is 0 Å². The highest BCUT2D eigenvalue weighted by Gasteiger charge is 2.60. The van der Waals surface area contributed by atoms with Crippen LogP contribution >= 0.6 is 0 Å². The summed E-state index contributed by atoms with van der Waals surface area (Å²) in [5.74, 6) is 0.0235. The second-order valence-electron chi connectivity index (χ2n) is 9.85. The van der Waals surface area contributed by atoms with Crippen LogP contribution in [0, 0.1) is 5.41 Å². The number of phenolic OH excluding ortho intramolecular Hbond substituents is 1. The Morgan fingerprint density at radius 1 is 1.06 bits per heavy atom. The Labute approximate surface area is 181 Å². The lowest BCUT2D eigenvalue weighted by molar-refractivity contribution is -0.136. The van der Waals surface area contributed by atoms with Gasteiger partial charge in [-0.2, -0.15) is 13.2 Å². The molecule has 1 aliphatic heterocycles. The van der Waals surface area contributed by atoms with Crippen molar-refractivity contribution in [3.05, 3.63) is 53.1 Å². The van der Waals surface area contributed by atoms with E-state index in [0.717, 1.165) is 37.4 Å². The van der Waals surface area contributed by atoms with Gasteiger partial charge in [0.2, 0.25) is 0 Å². The van der Waals surface area contributed by atoms with Crippen molar-refractivity contribution in [1.29, 1.82) is 0 Å². The van der Waals surface area contributed by atoms with E-state index in [1.54, 1.807) is 6.07 Å². The molecule has 0 spiro atoms. The van der Waals surface area contributed by atoms with Gasteiger partial charge in [0.1, 0.15) is 5.75 Å². The topological polar surface area (TPSA) is 35.5 Å². The van der Waals surface area contributed by atoms with Crippen molar-refractivity contribution in [2.45, 2.75) is 63.1 Å². The van der Waals surface area contributed by atoms with Crippen LogP contribution in [0.3, 0.4) is 0 Å². The highest BCUT2D eigenvalue weighted by molar-refractivity contribution is 5.71. The van der Waals surface area contributed by atoms with Crippen molar-refractivity contribution < 1.29 is 18.3 Å². The van der Waals surface area contributed by atoms with Crippen molar-refractivity contribution in [2.24, 2.45) is 5.41 Å². The molecule has 2 bridgehead atoms. The van der Waals surface area contributed by atoms with Crippen LogP contribution in [-0.4, -0.2) is 29.6 Å². The van der Waals surface area contributed by atoms with Gasteiger partial charge in [-0.3, -0.25) is 0 Å². The average molecular weight is 431 g/mol. The van der Waals surface area contributed by atoms with Gasteiger partial charge in [-0.1, -0.05) is 31.9 Å². The first kappa shape index (κ1) is 20.7. The summed E-state index contributed by atoms with van der Waals surface area (Å²) in [5.41, 5.74) is 2.13. The van der Waals surface area contributed by atoms with Crippen molar-refractivity contribution in [2.75, 3.05) is 18.9 Å². The molecule has 1 saturated heterocycles. The van der Waals surface area contributed by atoms with Gasteiger partial charge >= 0.3 is 6.18 Å². The molecule has 3 aliphatic rings. The first-order chi connectivity index (χ1) is 14.7. The second kappa shape index (κ2) is 6.89. The third-order valence-electron chi connectivity index (χ3n) is 8.45. The van der Waals surface area contributed by atoms with Gasteiger partial charge in [-0.25, -0.2) is 0 Å². The molecule has 3 atom stereocenters. The first-order valence-electron chi connectivity index (χ1n) is 11.2. The number of piperidine rings is 1. The lowest BCUT2D eigenvalue weighted by Gasteiger charge is -2.65. The minimum atomic E-state index is -4.46. The minimum Gasteiger partial charge on any atom is -0.506 e. The molecular formula is C25H29F3N2O. The number of hydrogen-bond acceptors (Lipinski definition) is 3. The van der Waals surface area contributed by atoms with Gasteiger partial charge in [0, 0.05) is 11.5 Å². The number of likely N-dealkylation sites (tertiary alicyclic amines) is 1. The van der Waals surface area contributed by atoms with E-state index < -0.39 is 11.7 Å². The zero-order chi connectivity index (χ0) is 22.0. The molecule has 0 unspecified atom stereocenters. The summed E-state index contributed by atoms with van der Waals surface area (Å²) in [7, 11) is 2.19. The zero-order valence-corrected chi connectivity index (χ0v) is 18.0. The Hall–Kier alpha value is -2.21. The number of alkyl halides is 3. The fourth-order valence-corrected chi connectivity index (χ4v) is 6.85. The molecule has 31 heavy (non-hydrogen) atoms. The van der Waals surface area contributed by atoms with E-state index in [-0.39, 0.29) is 22.3 Å². The molecule has 0 amide bonds. The Morgan fingerprint density at radius 2 is 1.81 bits per heavy atom. The van der Waals surface area contributed by atoms with Crippen LogP contribution in [0.5, 0.6) is 5.75 Å². The van der Waals surface area contributed by atoms with E-state index in [0.29, 0.717) is 11.7 Å². The summed E-state index contributed by atoms with van der Waals surface area (Å²) in [4.78, 5) is 2.46. The highest BCUT2D eigenvalue weighted by Crippen LogP contribution is 2.63. The summed E-state index contributed by atoms with van der Waals surface area (Å²) in [5, 5.41) is 13.8. The summed E-state index contributed by atoms with van der Waals surface area (Å²) in [6, 6.07) is 9.55. The summed E-state index contributed by atoms with van der Waals surface area (Å²) < 4.78 is 40.3. The Morgan fingerprint density at radius 3 is 2.58 bits per heavy atom. The molecule has 3 nitrogen and oxygen atoms in total. The predicted octanol–water partition coefficient (Wildman–Crippen LogP) is 6.23. The van der Waals surface area contributed by atoms with Crippen LogP contribution in [0.15, 0.2) is 36.4 Å². The third-order valence-corrected chi connectivity index (χ3v) is 8.45. The Bertz CT molecular complexity index is 1020. The molecule has 0 aromatic heterocycles. The number of nitrogens with zero attached hydrogens (tertiary/aromatic N) is 1. The van der Waals surface area contributed by atoms with Crippen LogP contribution in [-0.2, 0) is 18.0 Å². The van der Waals surface area contributed by atoms with Crippen LogP contribution in [0.2, 0.25) is 0 Å². The zero-order valence-electron chi connectivity index (χ0n) is 18.0. The lowest BCUT2D eigenvalue weighted by atomic mass is 9.45. The third kappa shape index (κ3) is 2.98. The smallest absolute Gasteiger partial charge is 0.418 e. The normalized spacial score (nSPS) is 30.4. The lowest BCUT2D eigenvalue weighted by Crippen LogP contribution is -2.66. The van der Waals surface area contributed by atoms with Gasteiger partial charge in [0.15, 0.2) is 0 Å². The Kier molecular flexibility index (Phi) is 4.60. The SMILES string of the molecule is CN1CC[C@@]23CCCC[C@]2(C)[C@@H]1Cc1cc(Nc2ccccc2C(F)(F)F)c(O)cc13. The van der Waals surface area contributed by atoms with Crippen LogP contribution < -0.4 is 5.32 Å². The summed E-state index contributed by atoms with van der Waals surface area (Å²) in [6.07, 6.45) is 2.18. The molecule has 2 aliphatic carbocycles. The monoisotopic (exact) mass is 430 g/mol. The molecule has 2 aromatic carbocycles. The van der Waals surface area contributed by atoms with Gasteiger partial charge in [-0.15, -0.1) is 0 Å². The van der Waals surface area contributed by atoms with E-state index in [2.05, 4.69) is 24.2 Å². The average Bonchev–Trinajstić information content (AvgIpc) is 2.71. The van der Waals surface area contributed by atoms with E-state index in [9.17, 15) is 18.3 Å². The maximum absolute atomic E-state index is 13.4. The van der Waals surface area contributed by atoms with Crippen LogP contribution in [0.4, 0.5) is 24.5 Å². The first-order valence-corrected chi connectivity index (χ1v) is 11.2. The van der Waals surface area contributed by atoms with E-state index in [4.69, 9.17) is 0 Å². The fourth-order valence-electron chi connectivity index (χ4n) is 6.85. The molecule has 6 heteroatoms. The number of likely N-dealkylation sites (N-methyl/N-ethyl adjacent to an activating group) is 1. The number of rotatable bonds is 2. The largest absolute Gasteiger partial charge is 0.506 e. The van der Waals surface area contributed by atoms with E-state index in [1.165, 1.54) is 37.0 Å². The fraction of sp³-hybridized carbons (Fsp3) is 0.520. The summed E-state index contributed by atoms with van der Waals surface area (Å²) >= 11 is 0.